The minimum absolute atomic E-state index is 0.183. The third-order valence-corrected chi connectivity index (χ3v) is 3.16. The van der Waals surface area contributed by atoms with Gasteiger partial charge in [-0.15, -0.1) is 0 Å². The molecule has 2 unspecified atom stereocenters. The summed E-state index contributed by atoms with van der Waals surface area (Å²) in [6, 6.07) is 7.54. The molecule has 2 N–H and O–H groups in total. The molecule has 6 nitrogen and oxygen atoms in total. The van der Waals surface area contributed by atoms with Gasteiger partial charge < -0.3 is 15.2 Å². The number of nitriles is 1. The summed E-state index contributed by atoms with van der Waals surface area (Å²) in [7, 11) is 0. The maximum absolute atomic E-state index is 11.8. The molecule has 6 heteroatoms. The number of ether oxygens (including phenoxy) is 1. The Labute approximate surface area is 123 Å². The van der Waals surface area contributed by atoms with Crippen LogP contribution < -0.4 is 10.1 Å². The van der Waals surface area contributed by atoms with Crippen molar-refractivity contribution in [3.63, 3.8) is 0 Å². The summed E-state index contributed by atoms with van der Waals surface area (Å²) in [4.78, 5) is 22.9. The Morgan fingerprint density at radius 2 is 2.10 bits per heavy atom. The van der Waals surface area contributed by atoms with Crippen LogP contribution in [0.15, 0.2) is 24.3 Å². The molecule has 0 aromatic heterocycles. The van der Waals surface area contributed by atoms with Gasteiger partial charge in [0.2, 0.25) is 0 Å². The second-order valence-corrected chi connectivity index (χ2v) is 4.67. The van der Waals surface area contributed by atoms with E-state index in [1.807, 2.05) is 13.0 Å². The van der Waals surface area contributed by atoms with Crippen molar-refractivity contribution in [1.82, 2.24) is 5.32 Å². The van der Waals surface area contributed by atoms with E-state index in [1.54, 1.807) is 31.2 Å². The second kappa shape index (κ2) is 7.90. The van der Waals surface area contributed by atoms with E-state index < -0.39 is 17.9 Å². The zero-order chi connectivity index (χ0) is 15.8. The maximum Gasteiger partial charge on any atom is 0.326 e. The first kappa shape index (κ1) is 16.5. The molecule has 1 amide bonds. The van der Waals surface area contributed by atoms with Crippen molar-refractivity contribution < 1.29 is 19.4 Å². The molecule has 0 spiro atoms. The summed E-state index contributed by atoms with van der Waals surface area (Å²) in [5.41, 5.74) is 0.321. The first-order chi connectivity index (χ1) is 9.99. The van der Waals surface area contributed by atoms with Crippen molar-refractivity contribution >= 4 is 11.9 Å². The lowest BCUT2D eigenvalue weighted by molar-refractivity contribution is -0.143. The molecule has 0 aliphatic carbocycles. The predicted molar refractivity (Wildman–Crippen MR) is 75.7 cm³/mol. The minimum Gasteiger partial charge on any atom is -0.482 e. The van der Waals surface area contributed by atoms with Crippen molar-refractivity contribution in [3.05, 3.63) is 29.8 Å². The summed E-state index contributed by atoms with van der Waals surface area (Å²) in [5, 5.41) is 20.4. The first-order valence-electron chi connectivity index (χ1n) is 6.63. The Morgan fingerprint density at radius 1 is 1.43 bits per heavy atom. The number of carboxylic acids is 1. The normalized spacial score (nSPS) is 12.8. The van der Waals surface area contributed by atoms with Crippen molar-refractivity contribution in [2.24, 2.45) is 5.92 Å². The molecule has 0 aliphatic rings. The minimum atomic E-state index is -1.07. The lowest BCUT2D eigenvalue weighted by Crippen LogP contribution is -2.46. The third-order valence-electron chi connectivity index (χ3n) is 3.16. The van der Waals surface area contributed by atoms with Gasteiger partial charge in [-0.25, -0.2) is 4.79 Å². The van der Waals surface area contributed by atoms with Crippen LogP contribution in [0, 0.1) is 17.2 Å². The van der Waals surface area contributed by atoms with Gasteiger partial charge in [0.05, 0.1) is 5.56 Å². The highest BCUT2D eigenvalue weighted by Gasteiger charge is 2.25. The number of hydrogen-bond acceptors (Lipinski definition) is 4. The highest BCUT2D eigenvalue weighted by atomic mass is 16.5. The van der Waals surface area contributed by atoms with E-state index in [0.717, 1.165) is 0 Å². The largest absolute Gasteiger partial charge is 0.482 e. The van der Waals surface area contributed by atoms with Crippen molar-refractivity contribution in [1.29, 1.82) is 5.26 Å². The molecule has 0 fully saturated rings. The number of para-hydroxylation sites is 1. The van der Waals surface area contributed by atoms with Crippen LogP contribution in [0.3, 0.4) is 0 Å². The molecule has 1 rings (SSSR count). The standard InChI is InChI=1S/C15H18N2O4/c1-3-10(2)14(15(19)20)17-13(18)9-21-12-7-5-4-6-11(12)8-16/h4-7,10,14H,3,9H2,1-2H3,(H,17,18)(H,19,20). The molecule has 0 heterocycles. The van der Waals surface area contributed by atoms with Gasteiger partial charge in [-0.1, -0.05) is 32.4 Å². The molecular weight excluding hydrogens is 272 g/mol. The summed E-state index contributed by atoms with van der Waals surface area (Å²) >= 11 is 0. The zero-order valence-corrected chi connectivity index (χ0v) is 12.0. The monoisotopic (exact) mass is 290 g/mol. The molecule has 0 radical (unpaired) electrons. The highest BCUT2D eigenvalue weighted by molar-refractivity contribution is 5.84. The fourth-order valence-corrected chi connectivity index (χ4v) is 1.73. The van der Waals surface area contributed by atoms with Crippen LogP contribution in [-0.4, -0.2) is 29.6 Å². The van der Waals surface area contributed by atoms with Crippen LogP contribution >= 0.6 is 0 Å². The molecular formula is C15H18N2O4. The van der Waals surface area contributed by atoms with Crippen LogP contribution in [0.5, 0.6) is 5.75 Å². The highest BCUT2D eigenvalue weighted by Crippen LogP contribution is 2.16. The number of amides is 1. The van der Waals surface area contributed by atoms with Crippen LogP contribution in [-0.2, 0) is 9.59 Å². The maximum atomic E-state index is 11.8. The summed E-state index contributed by atoms with van der Waals surface area (Å²) in [6.07, 6.45) is 0.634. The number of hydrogen-bond donors (Lipinski definition) is 2. The van der Waals surface area contributed by atoms with Crippen molar-refractivity contribution in [2.75, 3.05) is 6.61 Å². The Balaban J connectivity index is 2.61. The Morgan fingerprint density at radius 3 is 2.67 bits per heavy atom. The number of nitrogens with one attached hydrogen (secondary N) is 1. The topological polar surface area (TPSA) is 99.4 Å². The van der Waals surface area contributed by atoms with Crippen LogP contribution in [0.2, 0.25) is 0 Å². The lowest BCUT2D eigenvalue weighted by Gasteiger charge is -2.20. The van der Waals surface area contributed by atoms with Gasteiger partial charge in [0.1, 0.15) is 17.9 Å². The van der Waals surface area contributed by atoms with Crippen molar-refractivity contribution in [3.8, 4) is 11.8 Å². The Bertz CT molecular complexity index is 551. The summed E-state index contributed by atoms with van der Waals surface area (Å²) in [5.74, 6) is -1.49. The SMILES string of the molecule is CCC(C)C(NC(=O)COc1ccccc1C#N)C(=O)O. The molecule has 0 saturated heterocycles. The third kappa shape index (κ3) is 4.80. The molecule has 21 heavy (non-hydrogen) atoms. The fourth-order valence-electron chi connectivity index (χ4n) is 1.73. The smallest absolute Gasteiger partial charge is 0.326 e. The average Bonchev–Trinajstić information content (AvgIpc) is 2.49. The van der Waals surface area contributed by atoms with E-state index in [2.05, 4.69) is 5.32 Å². The lowest BCUT2D eigenvalue weighted by atomic mass is 9.99. The Hall–Kier alpha value is -2.55. The quantitative estimate of drug-likeness (QED) is 0.793. The molecule has 1 aromatic carbocycles. The van der Waals surface area contributed by atoms with Crippen LogP contribution in [0.1, 0.15) is 25.8 Å². The van der Waals surface area contributed by atoms with Gasteiger partial charge >= 0.3 is 5.97 Å². The fraction of sp³-hybridized carbons (Fsp3) is 0.400. The summed E-state index contributed by atoms with van der Waals surface area (Å²) < 4.78 is 5.26. The number of carboxylic acid groups (broad SMARTS) is 1. The average molecular weight is 290 g/mol. The molecule has 1 aromatic rings. The molecule has 2 atom stereocenters. The van der Waals surface area contributed by atoms with Gasteiger partial charge in [0.25, 0.3) is 5.91 Å². The molecule has 0 bridgehead atoms. The number of benzene rings is 1. The molecule has 112 valence electrons. The van der Waals surface area contributed by atoms with E-state index in [0.29, 0.717) is 17.7 Å². The number of aliphatic carboxylic acids is 1. The Kier molecular flexibility index (Phi) is 6.21. The van der Waals surface area contributed by atoms with Gasteiger partial charge in [-0.2, -0.15) is 5.26 Å². The predicted octanol–water partition coefficient (Wildman–Crippen LogP) is 1.55. The zero-order valence-electron chi connectivity index (χ0n) is 12.0. The molecule has 0 saturated carbocycles. The van der Waals surface area contributed by atoms with Gasteiger partial charge in [-0.05, 0) is 18.1 Å². The first-order valence-corrected chi connectivity index (χ1v) is 6.63. The van der Waals surface area contributed by atoms with E-state index in [1.165, 1.54) is 0 Å². The van der Waals surface area contributed by atoms with E-state index in [4.69, 9.17) is 15.1 Å². The van der Waals surface area contributed by atoms with Crippen molar-refractivity contribution in [2.45, 2.75) is 26.3 Å². The van der Waals surface area contributed by atoms with Crippen LogP contribution in [0.25, 0.3) is 0 Å². The van der Waals surface area contributed by atoms with Gasteiger partial charge in [0, 0.05) is 0 Å². The van der Waals surface area contributed by atoms with Gasteiger partial charge in [0.15, 0.2) is 6.61 Å². The number of carbonyl (C=O) groups is 2. The van der Waals surface area contributed by atoms with E-state index in [-0.39, 0.29) is 12.5 Å². The second-order valence-electron chi connectivity index (χ2n) is 4.67. The summed E-state index contributed by atoms with van der Waals surface area (Å²) in [6.45, 7) is 3.27. The van der Waals surface area contributed by atoms with Crippen LogP contribution in [0.4, 0.5) is 0 Å². The van der Waals surface area contributed by atoms with E-state index >= 15 is 0 Å². The molecule has 0 aliphatic heterocycles. The number of nitrogens with zero attached hydrogens (tertiary/aromatic N) is 1. The number of rotatable bonds is 7. The number of carbonyl (C=O) groups excluding carboxylic acids is 1. The van der Waals surface area contributed by atoms with Gasteiger partial charge in [-0.3, -0.25) is 4.79 Å². The van der Waals surface area contributed by atoms with E-state index in [9.17, 15) is 9.59 Å².